The molecule has 0 amide bonds. The van der Waals surface area contributed by atoms with Crippen LogP contribution in [0.1, 0.15) is 11.6 Å². The second-order valence-electron chi connectivity index (χ2n) is 2.91. The second-order valence-corrected chi connectivity index (χ2v) is 2.91. The Hall–Kier alpha value is -1.86. The molecule has 78 valence electrons. The topological polar surface area (TPSA) is 62.1 Å². The minimum Gasteiger partial charge on any atom is -0.468 e. The first kappa shape index (κ1) is 11.2. The number of hydrogen-bond donors (Lipinski definition) is 1. The van der Waals surface area contributed by atoms with Gasteiger partial charge in [0.05, 0.1) is 19.7 Å². The quantitative estimate of drug-likeness (QED) is 0.587. The molecule has 0 aliphatic heterocycles. The Labute approximate surface area is 88.5 Å². The molecule has 1 atom stereocenters. The Morgan fingerprint density at radius 1 is 1.53 bits per heavy atom. The first-order valence-corrected chi connectivity index (χ1v) is 4.52. The number of nitrogens with zero attached hydrogens (tertiary/aromatic N) is 1. The number of benzene rings is 1. The Bertz CT molecular complexity index is 357. The van der Waals surface area contributed by atoms with Crippen molar-refractivity contribution in [2.75, 3.05) is 13.7 Å². The third kappa shape index (κ3) is 3.08. The summed E-state index contributed by atoms with van der Waals surface area (Å²) < 4.78 is 4.65. The molecule has 0 fully saturated rings. The molecule has 1 aromatic rings. The normalized spacial score (nSPS) is 11.5. The van der Waals surface area contributed by atoms with Crippen LogP contribution in [0.4, 0.5) is 0 Å². The number of methoxy groups -OCH3 is 1. The van der Waals surface area contributed by atoms with E-state index in [0.29, 0.717) is 0 Å². The summed E-state index contributed by atoms with van der Waals surface area (Å²) in [5.74, 6) is -0.392. The van der Waals surface area contributed by atoms with Crippen molar-refractivity contribution in [2.45, 2.75) is 6.04 Å². The van der Waals surface area contributed by atoms with Crippen molar-refractivity contribution in [3.8, 4) is 6.07 Å². The van der Waals surface area contributed by atoms with Crippen LogP contribution >= 0.6 is 0 Å². The van der Waals surface area contributed by atoms with E-state index in [1.54, 1.807) is 0 Å². The third-order valence-electron chi connectivity index (χ3n) is 1.96. The van der Waals surface area contributed by atoms with Crippen LogP contribution in [-0.2, 0) is 9.53 Å². The van der Waals surface area contributed by atoms with Gasteiger partial charge in [-0.2, -0.15) is 5.26 Å². The maximum atomic E-state index is 11.4. The monoisotopic (exact) mass is 204 g/mol. The molecule has 0 aromatic heterocycles. The average molecular weight is 204 g/mol. The summed E-state index contributed by atoms with van der Waals surface area (Å²) in [6, 6.07) is 10.5. The minimum absolute atomic E-state index is 0.106. The van der Waals surface area contributed by atoms with Gasteiger partial charge in [-0.15, -0.1) is 0 Å². The van der Waals surface area contributed by atoms with Gasteiger partial charge in [-0.05, 0) is 5.56 Å². The van der Waals surface area contributed by atoms with E-state index in [9.17, 15) is 4.79 Å². The fraction of sp³-hybridized carbons (Fsp3) is 0.273. The van der Waals surface area contributed by atoms with E-state index >= 15 is 0 Å². The van der Waals surface area contributed by atoms with E-state index < -0.39 is 12.0 Å². The molecule has 1 N–H and O–H groups in total. The van der Waals surface area contributed by atoms with Gasteiger partial charge in [-0.1, -0.05) is 30.3 Å². The van der Waals surface area contributed by atoms with E-state index in [0.717, 1.165) is 5.56 Å². The number of hydrogen-bond acceptors (Lipinski definition) is 4. The lowest BCUT2D eigenvalue weighted by molar-refractivity contribution is -0.143. The van der Waals surface area contributed by atoms with Crippen LogP contribution in [0, 0.1) is 11.3 Å². The lowest BCUT2D eigenvalue weighted by Crippen LogP contribution is -2.29. The fourth-order valence-corrected chi connectivity index (χ4v) is 1.25. The number of ether oxygens (including phenoxy) is 1. The molecule has 0 aliphatic carbocycles. The van der Waals surface area contributed by atoms with Crippen LogP contribution in [0.25, 0.3) is 0 Å². The van der Waals surface area contributed by atoms with Crippen molar-refractivity contribution in [3.63, 3.8) is 0 Å². The summed E-state index contributed by atoms with van der Waals surface area (Å²) >= 11 is 0. The molecular weight excluding hydrogens is 192 g/mol. The molecular formula is C11H12N2O2. The van der Waals surface area contributed by atoms with Gasteiger partial charge in [0.2, 0.25) is 0 Å². The van der Waals surface area contributed by atoms with Crippen molar-refractivity contribution in [2.24, 2.45) is 0 Å². The van der Waals surface area contributed by atoms with Crippen LogP contribution in [0.3, 0.4) is 0 Å². The summed E-state index contributed by atoms with van der Waals surface area (Å²) in [5, 5.41) is 11.3. The minimum atomic E-state index is -0.573. The van der Waals surface area contributed by atoms with E-state index in [4.69, 9.17) is 5.26 Å². The molecule has 15 heavy (non-hydrogen) atoms. The highest BCUT2D eigenvalue weighted by molar-refractivity contribution is 5.77. The second kappa shape index (κ2) is 5.78. The molecule has 0 heterocycles. The van der Waals surface area contributed by atoms with Crippen molar-refractivity contribution in [1.82, 2.24) is 5.32 Å². The lowest BCUT2D eigenvalue weighted by Gasteiger charge is -2.14. The Morgan fingerprint density at radius 2 is 2.20 bits per heavy atom. The zero-order valence-corrected chi connectivity index (χ0v) is 8.43. The zero-order valence-electron chi connectivity index (χ0n) is 8.43. The van der Waals surface area contributed by atoms with Crippen molar-refractivity contribution in [1.29, 1.82) is 5.26 Å². The lowest BCUT2D eigenvalue weighted by atomic mass is 10.1. The third-order valence-corrected chi connectivity index (χ3v) is 1.96. The predicted octanol–water partition coefficient (Wildman–Crippen LogP) is 1.01. The molecule has 0 bridgehead atoms. The van der Waals surface area contributed by atoms with Crippen LogP contribution in [0.2, 0.25) is 0 Å². The highest BCUT2D eigenvalue weighted by Gasteiger charge is 2.19. The Morgan fingerprint density at radius 3 is 2.73 bits per heavy atom. The van der Waals surface area contributed by atoms with E-state index in [1.165, 1.54) is 7.11 Å². The van der Waals surface area contributed by atoms with Crippen molar-refractivity contribution in [3.05, 3.63) is 35.9 Å². The molecule has 0 spiro atoms. The fourth-order valence-electron chi connectivity index (χ4n) is 1.25. The van der Waals surface area contributed by atoms with Crippen LogP contribution in [0.5, 0.6) is 0 Å². The molecule has 0 saturated heterocycles. The van der Waals surface area contributed by atoms with E-state index in [2.05, 4.69) is 10.1 Å². The van der Waals surface area contributed by atoms with Gasteiger partial charge in [0.15, 0.2) is 0 Å². The number of nitrogens with one attached hydrogen (secondary N) is 1. The first-order valence-electron chi connectivity index (χ1n) is 4.52. The number of carbonyl (C=O) groups excluding carboxylic acids is 1. The molecule has 0 unspecified atom stereocenters. The molecule has 1 aromatic carbocycles. The Balaban J connectivity index is 2.82. The average Bonchev–Trinajstić information content (AvgIpc) is 2.30. The molecule has 0 aliphatic rings. The van der Waals surface area contributed by atoms with Gasteiger partial charge in [0, 0.05) is 0 Å². The SMILES string of the molecule is COC(=O)[C@@H](NCC#N)c1ccccc1. The number of esters is 1. The molecule has 1 rings (SSSR count). The number of nitriles is 1. The van der Waals surface area contributed by atoms with Gasteiger partial charge in [0.25, 0.3) is 0 Å². The highest BCUT2D eigenvalue weighted by atomic mass is 16.5. The van der Waals surface area contributed by atoms with E-state index in [1.807, 2.05) is 36.4 Å². The highest BCUT2D eigenvalue weighted by Crippen LogP contribution is 2.13. The van der Waals surface area contributed by atoms with Crippen LogP contribution < -0.4 is 5.32 Å². The molecule has 0 radical (unpaired) electrons. The van der Waals surface area contributed by atoms with Gasteiger partial charge < -0.3 is 4.74 Å². The number of carbonyl (C=O) groups is 1. The largest absolute Gasteiger partial charge is 0.468 e. The number of rotatable bonds is 4. The van der Waals surface area contributed by atoms with Crippen molar-refractivity contribution < 1.29 is 9.53 Å². The summed E-state index contributed by atoms with van der Waals surface area (Å²) in [5.41, 5.74) is 0.791. The van der Waals surface area contributed by atoms with Gasteiger partial charge in [0.1, 0.15) is 6.04 Å². The van der Waals surface area contributed by atoms with Gasteiger partial charge in [-0.3, -0.25) is 5.32 Å². The summed E-state index contributed by atoms with van der Waals surface area (Å²) in [6.45, 7) is 0.106. The van der Waals surface area contributed by atoms with Crippen LogP contribution in [-0.4, -0.2) is 19.6 Å². The maximum absolute atomic E-state index is 11.4. The summed E-state index contributed by atoms with van der Waals surface area (Å²) in [4.78, 5) is 11.4. The summed E-state index contributed by atoms with van der Waals surface area (Å²) in [6.07, 6.45) is 0. The molecule has 0 saturated carbocycles. The van der Waals surface area contributed by atoms with E-state index in [-0.39, 0.29) is 6.54 Å². The standard InChI is InChI=1S/C11H12N2O2/c1-15-11(14)10(13-8-7-12)9-5-3-2-4-6-9/h2-6,10,13H,8H2,1H3/t10-/m0/s1. The smallest absolute Gasteiger partial charge is 0.327 e. The van der Waals surface area contributed by atoms with Crippen LogP contribution in [0.15, 0.2) is 30.3 Å². The van der Waals surface area contributed by atoms with Gasteiger partial charge in [-0.25, -0.2) is 4.79 Å². The van der Waals surface area contributed by atoms with Crippen molar-refractivity contribution >= 4 is 5.97 Å². The predicted molar refractivity (Wildman–Crippen MR) is 54.8 cm³/mol. The maximum Gasteiger partial charge on any atom is 0.327 e. The van der Waals surface area contributed by atoms with Gasteiger partial charge >= 0.3 is 5.97 Å². The first-order chi connectivity index (χ1) is 7.29. The zero-order chi connectivity index (χ0) is 11.1. The summed E-state index contributed by atoms with van der Waals surface area (Å²) in [7, 11) is 1.33. The molecule has 4 heteroatoms. The Kier molecular flexibility index (Phi) is 4.32. The molecule has 4 nitrogen and oxygen atoms in total.